The van der Waals surface area contributed by atoms with Crippen molar-refractivity contribution in [2.45, 2.75) is 40.2 Å². The highest BCUT2D eigenvalue weighted by Gasteiger charge is 2.18. The van der Waals surface area contributed by atoms with Gasteiger partial charge in [0.1, 0.15) is 18.1 Å². The molecule has 0 aromatic heterocycles. The first-order valence-electron chi connectivity index (χ1n) is 8.81. The van der Waals surface area contributed by atoms with E-state index in [4.69, 9.17) is 21.1 Å². The van der Waals surface area contributed by atoms with Crippen molar-refractivity contribution in [3.63, 3.8) is 0 Å². The molecule has 2 rings (SSSR count). The Morgan fingerprint density at radius 2 is 1.73 bits per heavy atom. The first-order chi connectivity index (χ1) is 12.4. The third-order valence-corrected chi connectivity index (χ3v) is 4.64. The number of amides is 1. The number of aryl methyl sites for hydroxylation is 3. The highest BCUT2D eigenvalue weighted by Crippen LogP contribution is 2.21. The Morgan fingerprint density at radius 3 is 2.38 bits per heavy atom. The molecule has 0 heterocycles. The van der Waals surface area contributed by atoms with Crippen LogP contribution in [-0.4, -0.2) is 25.2 Å². The van der Waals surface area contributed by atoms with E-state index >= 15 is 0 Å². The van der Waals surface area contributed by atoms with Crippen LogP contribution in [0.25, 0.3) is 0 Å². The predicted octanol–water partition coefficient (Wildman–Crippen LogP) is 4.62. The Kier molecular flexibility index (Phi) is 7.34. The van der Waals surface area contributed by atoms with Crippen LogP contribution in [0.3, 0.4) is 0 Å². The molecule has 140 valence electrons. The van der Waals surface area contributed by atoms with E-state index in [2.05, 4.69) is 5.32 Å². The van der Waals surface area contributed by atoms with E-state index in [1.165, 1.54) is 5.56 Å². The monoisotopic (exact) mass is 375 g/mol. The molecule has 0 saturated heterocycles. The molecule has 0 saturated carbocycles. The van der Waals surface area contributed by atoms with Gasteiger partial charge in [-0.25, -0.2) is 0 Å². The Labute approximate surface area is 160 Å². The van der Waals surface area contributed by atoms with Crippen LogP contribution in [0.2, 0.25) is 5.02 Å². The molecule has 0 aliphatic heterocycles. The lowest BCUT2D eigenvalue weighted by Gasteiger charge is -2.18. The van der Waals surface area contributed by atoms with Crippen molar-refractivity contribution >= 4 is 17.5 Å². The van der Waals surface area contributed by atoms with Crippen molar-refractivity contribution in [1.29, 1.82) is 0 Å². The van der Waals surface area contributed by atoms with Crippen LogP contribution < -0.4 is 14.8 Å². The van der Waals surface area contributed by atoms with Crippen molar-refractivity contribution in [3.05, 3.63) is 58.1 Å². The summed E-state index contributed by atoms with van der Waals surface area (Å²) in [5, 5.41) is 3.52. The second-order valence-electron chi connectivity index (χ2n) is 6.31. The van der Waals surface area contributed by atoms with E-state index in [9.17, 15) is 4.79 Å². The summed E-state index contributed by atoms with van der Waals surface area (Å²) in [6, 6.07) is 11.4. The molecule has 0 fully saturated rings. The molecule has 0 unspecified atom stereocenters. The highest BCUT2D eigenvalue weighted by molar-refractivity contribution is 6.31. The summed E-state index contributed by atoms with van der Waals surface area (Å²) in [6.07, 6.45) is 0.0682. The van der Waals surface area contributed by atoms with Gasteiger partial charge in [0, 0.05) is 5.02 Å². The quantitative estimate of drug-likeness (QED) is 0.685. The maximum Gasteiger partial charge on any atom is 0.261 e. The fraction of sp³-hybridized carbons (Fsp3) is 0.381. The van der Waals surface area contributed by atoms with Gasteiger partial charge in [-0.3, -0.25) is 4.79 Å². The molecule has 2 aromatic rings. The molecule has 0 aliphatic rings. The molecule has 4 nitrogen and oxygen atoms in total. The molecule has 26 heavy (non-hydrogen) atoms. The summed E-state index contributed by atoms with van der Waals surface area (Å²) in [5.41, 5.74) is 3.34. The summed E-state index contributed by atoms with van der Waals surface area (Å²) in [6.45, 7) is 8.70. The van der Waals surface area contributed by atoms with Gasteiger partial charge in [-0.2, -0.15) is 0 Å². The Bertz CT molecular complexity index is 761. The molecule has 1 atom stereocenters. The maximum absolute atomic E-state index is 12.3. The van der Waals surface area contributed by atoms with Crippen molar-refractivity contribution in [3.8, 4) is 11.5 Å². The number of nitrogens with one attached hydrogen (secondary N) is 1. The van der Waals surface area contributed by atoms with Gasteiger partial charge in [0.2, 0.25) is 0 Å². The number of carbonyl (C=O) groups excluding carboxylic acids is 1. The normalized spacial score (nSPS) is 11.7. The third kappa shape index (κ3) is 5.67. The lowest BCUT2D eigenvalue weighted by molar-refractivity contribution is -0.128. The van der Waals surface area contributed by atoms with E-state index in [1.807, 2.05) is 58.0 Å². The number of benzene rings is 2. The fourth-order valence-electron chi connectivity index (χ4n) is 2.39. The summed E-state index contributed by atoms with van der Waals surface area (Å²) in [7, 11) is 0. The number of rotatable bonds is 8. The molecule has 0 aliphatic carbocycles. The molecule has 0 radical (unpaired) electrons. The second-order valence-corrected chi connectivity index (χ2v) is 6.72. The lowest BCUT2D eigenvalue weighted by Crippen LogP contribution is -2.39. The number of carbonyl (C=O) groups is 1. The van der Waals surface area contributed by atoms with Crippen LogP contribution in [-0.2, 0) is 4.79 Å². The zero-order valence-electron chi connectivity index (χ0n) is 15.8. The Balaban J connectivity index is 1.81. The van der Waals surface area contributed by atoms with E-state index in [0.717, 1.165) is 11.1 Å². The smallest absolute Gasteiger partial charge is 0.261 e. The Morgan fingerprint density at radius 1 is 1.04 bits per heavy atom. The zero-order chi connectivity index (χ0) is 19.1. The average molecular weight is 376 g/mol. The van der Waals surface area contributed by atoms with Gasteiger partial charge in [-0.15, -0.1) is 0 Å². The predicted molar refractivity (Wildman–Crippen MR) is 105 cm³/mol. The number of halogens is 1. The summed E-state index contributed by atoms with van der Waals surface area (Å²) in [5.74, 6) is 1.25. The minimum atomic E-state index is -0.522. The van der Waals surface area contributed by atoms with Gasteiger partial charge in [0.05, 0.1) is 6.54 Å². The number of ether oxygens (including phenoxy) is 2. The average Bonchev–Trinajstić information content (AvgIpc) is 2.62. The topological polar surface area (TPSA) is 47.6 Å². The van der Waals surface area contributed by atoms with Crippen LogP contribution in [0.4, 0.5) is 0 Å². The minimum Gasteiger partial charge on any atom is -0.492 e. The maximum atomic E-state index is 12.3. The molecule has 0 spiro atoms. The second kappa shape index (κ2) is 9.48. The van der Waals surface area contributed by atoms with Crippen molar-refractivity contribution in [1.82, 2.24) is 5.32 Å². The number of hydrogen-bond donors (Lipinski definition) is 1. The van der Waals surface area contributed by atoms with E-state index in [1.54, 1.807) is 6.07 Å². The van der Waals surface area contributed by atoms with Crippen LogP contribution in [0.5, 0.6) is 11.5 Å². The standard InChI is InChI=1S/C21H26ClNO3/c1-5-20(26-18-9-6-14(2)16(4)12-18)21(24)23-10-11-25-17-8-7-15(3)19(22)13-17/h6-9,12-13,20H,5,10-11H2,1-4H3,(H,23,24)/t20-/m1/s1. The van der Waals surface area contributed by atoms with Crippen molar-refractivity contribution in [2.24, 2.45) is 0 Å². The largest absolute Gasteiger partial charge is 0.492 e. The molecule has 5 heteroatoms. The fourth-order valence-corrected chi connectivity index (χ4v) is 2.56. The van der Waals surface area contributed by atoms with Gasteiger partial charge in [-0.1, -0.05) is 30.7 Å². The summed E-state index contributed by atoms with van der Waals surface area (Å²) < 4.78 is 11.4. The molecular formula is C21H26ClNO3. The number of hydrogen-bond acceptors (Lipinski definition) is 3. The van der Waals surface area contributed by atoms with Gasteiger partial charge < -0.3 is 14.8 Å². The van der Waals surface area contributed by atoms with Crippen LogP contribution in [0.15, 0.2) is 36.4 Å². The minimum absolute atomic E-state index is 0.142. The first-order valence-corrected chi connectivity index (χ1v) is 9.19. The first kappa shape index (κ1) is 20.1. The van der Waals surface area contributed by atoms with Crippen LogP contribution in [0, 0.1) is 20.8 Å². The molecule has 0 bridgehead atoms. The third-order valence-electron chi connectivity index (χ3n) is 4.23. The van der Waals surface area contributed by atoms with Gasteiger partial charge >= 0.3 is 0 Å². The molecule has 1 amide bonds. The molecule has 2 aromatic carbocycles. The van der Waals surface area contributed by atoms with Gasteiger partial charge in [0.25, 0.3) is 5.91 Å². The van der Waals surface area contributed by atoms with E-state index < -0.39 is 6.10 Å². The lowest BCUT2D eigenvalue weighted by atomic mass is 10.1. The van der Waals surface area contributed by atoms with E-state index in [-0.39, 0.29) is 5.91 Å². The van der Waals surface area contributed by atoms with Gasteiger partial charge in [0.15, 0.2) is 6.10 Å². The molecular weight excluding hydrogens is 350 g/mol. The van der Waals surface area contributed by atoms with Crippen molar-refractivity contribution < 1.29 is 14.3 Å². The Hall–Kier alpha value is -2.20. The van der Waals surface area contributed by atoms with Crippen LogP contribution >= 0.6 is 11.6 Å². The molecule has 1 N–H and O–H groups in total. The van der Waals surface area contributed by atoms with Gasteiger partial charge in [-0.05, 0) is 68.1 Å². The van der Waals surface area contributed by atoms with Crippen LogP contribution in [0.1, 0.15) is 30.0 Å². The summed E-state index contributed by atoms with van der Waals surface area (Å²) >= 11 is 6.07. The summed E-state index contributed by atoms with van der Waals surface area (Å²) in [4.78, 5) is 12.3. The van der Waals surface area contributed by atoms with Crippen molar-refractivity contribution in [2.75, 3.05) is 13.2 Å². The highest BCUT2D eigenvalue weighted by atomic mass is 35.5. The SMILES string of the molecule is CC[C@@H](Oc1ccc(C)c(C)c1)C(=O)NCCOc1ccc(C)c(Cl)c1. The van der Waals surface area contributed by atoms with E-state index in [0.29, 0.717) is 36.1 Å². The zero-order valence-corrected chi connectivity index (χ0v) is 16.5.